The van der Waals surface area contributed by atoms with Crippen LogP contribution in [0, 0.1) is 11.3 Å². The van der Waals surface area contributed by atoms with Crippen LogP contribution in [0.15, 0.2) is 0 Å². The van der Waals surface area contributed by atoms with Gasteiger partial charge in [0.25, 0.3) is 0 Å². The Morgan fingerprint density at radius 3 is 2.69 bits per heavy atom. The summed E-state index contributed by atoms with van der Waals surface area (Å²) in [5.74, 6) is 1.06. The summed E-state index contributed by atoms with van der Waals surface area (Å²) in [4.78, 5) is 12.4. The van der Waals surface area contributed by atoms with Gasteiger partial charge in [0.1, 0.15) is 5.78 Å². The Bertz CT molecular complexity index is 219. The first-order valence-electron chi connectivity index (χ1n) is 6.88. The van der Waals surface area contributed by atoms with E-state index in [2.05, 4.69) is 26.1 Å². The van der Waals surface area contributed by atoms with E-state index in [0.29, 0.717) is 11.7 Å². The third-order valence-electron chi connectivity index (χ3n) is 4.06. The van der Waals surface area contributed by atoms with Gasteiger partial charge in [0, 0.05) is 18.4 Å². The zero-order valence-electron chi connectivity index (χ0n) is 11.1. The zero-order valence-corrected chi connectivity index (χ0v) is 11.1. The zero-order chi connectivity index (χ0) is 12.0. The molecular weight excluding hydrogens is 198 g/mol. The van der Waals surface area contributed by atoms with Crippen molar-refractivity contribution in [3.8, 4) is 0 Å². The average molecular weight is 225 g/mol. The Morgan fingerprint density at radius 1 is 1.44 bits per heavy atom. The molecule has 1 rings (SSSR count). The quantitative estimate of drug-likeness (QED) is 0.752. The van der Waals surface area contributed by atoms with Crippen molar-refractivity contribution in [3.63, 3.8) is 0 Å². The maximum atomic E-state index is 12.4. The summed E-state index contributed by atoms with van der Waals surface area (Å²) >= 11 is 0. The standard InChI is InChI=1S/C14H27NO/c1-4-7-12(3)10-13(16)14(5-2)8-6-9-15-11-14/h12,15H,4-11H2,1-3H3. The summed E-state index contributed by atoms with van der Waals surface area (Å²) in [6.45, 7) is 8.55. The highest BCUT2D eigenvalue weighted by Crippen LogP contribution is 2.33. The second-order valence-corrected chi connectivity index (χ2v) is 5.44. The highest BCUT2D eigenvalue weighted by molar-refractivity contribution is 5.85. The van der Waals surface area contributed by atoms with Gasteiger partial charge in [0.15, 0.2) is 0 Å². The van der Waals surface area contributed by atoms with E-state index < -0.39 is 0 Å². The van der Waals surface area contributed by atoms with Gasteiger partial charge >= 0.3 is 0 Å². The average Bonchev–Trinajstić information content (AvgIpc) is 2.30. The summed E-state index contributed by atoms with van der Waals surface area (Å²) in [5.41, 5.74) is -0.0414. The number of ketones is 1. The monoisotopic (exact) mass is 225 g/mol. The number of carbonyl (C=O) groups excluding carboxylic acids is 1. The van der Waals surface area contributed by atoms with Crippen LogP contribution in [-0.4, -0.2) is 18.9 Å². The molecule has 0 aliphatic carbocycles. The molecule has 1 heterocycles. The van der Waals surface area contributed by atoms with E-state index in [1.165, 1.54) is 12.8 Å². The number of hydrogen-bond donors (Lipinski definition) is 1. The predicted octanol–water partition coefficient (Wildman–Crippen LogP) is 3.16. The lowest BCUT2D eigenvalue weighted by Gasteiger charge is -2.36. The fourth-order valence-corrected chi connectivity index (χ4v) is 2.83. The van der Waals surface area contributed by atoms with Crippen LogP contribution in [-0.2, 0) is 4.79 Å². The van der Waals surface area contributed by atoms with E-state index >= 15 is 0 Å². The van der Waals surface area contributed by atoms with Gasteiger partial charge < -0.3 is 5.32 Å². The van der Waals surface area contributed by atoms with Crippen molar-refractivity contribution in [3.05, 3.63) is 0 Å². The van der Waals surface area contributed by atoms with E-state index in [1.54, 1.807) is 0 Å². The van der Waals surface area contributed by atoms with Crippen molar-refractivity contribution < 1.29 is 4.79 Å². The van der Waals surface area contributed by atoms with Crippen LogP contribution >= 0.6 is 0 Å². The van der Waals surface area contributed by atoms with Crippen molar-refractivity contribution in [2.75, 3.05) is 13.1 Å². The van der Waals surface area contributed by atoms with Gasteiger partial charge in [-0.25, -0.2) is 0 Å². The maximum absolute atomic E-state index is 12.4. The van der Waals surface area contributed by atoms with E-state index in [0.717, 1.165) is 38.8 Å². The lowest BCUT2D eigenvalue weighted by Crippen LogP contribution is -2.45. The summed E-state index contributed by atoms with van der Waals surface area (Å²) < 4.78 is 0. The molecule has 1 fully saturated rings. The molecule has 0 spiro atoms. The van der Waals surface area contributed by atoms with Gasteiger partial charge in [-0.1, -0.05) is 33.6 Å². The van der Waals surface area contributed by atoms with Gasteiger partial charge in [0.05, 0.1) is 0 Å². The normalized spacial score (nSPS) is 27.7. The Balaban J connectivity index is 2.54. The molecule has 1 aliphatic rings. The van der Waals surface area contributed by atoms with E-state index in [4.69, 9.17) is 0 Å². The molecule has 1 N–H and O–H groups in total. The molecule has 0 aromatic carbocycles. The van der Waals surface area contributed by atoms with Crippen molar-refractivity contribution in [1.82, 2.24) is 5.32 Å². The molecule has 2 heteroatoms. The van der Waals surface area contributed by atoms with Gasteiger partial charge in [-0.15, -0.1) is 0 Å². The van der Waals surface area contributed by atoms with E-state index in [9.17, 15) is 4.79 Å². The molecule has 0 bridgehead atoms. The predicted molar refractivity (Wildman–Crippen MR) is 68.5 cm³/mol. The SMILES string of the molecule is CCCC(C)CC(=O)C1(CC)CCCNC1. The third-order valence-corrected chi connectivity index (χ3v) is 4.06. The maximum Gasteiger partial charge on any atom is 0.140 e. The molecule has 2 unspecified atom stereocenters. The van der Waals surface area contributed by atoms with Crippen LogP contribution in [0.1, 0.15) is 59.3 Å². The lowest BCUT2D eigenvalue weighted by atomic mass is 9.72. The molecule has 16 heavy (non-hydrogen) atoms. The Morgan fingerprint density at radius 2 is 2.19 bits per heavy atom. The Kier molecular flexibility index (Phi) is 5.47. The highest BCUT2D eigenvalue weighted by Gasteiger charge is 2.37. The van der Waals surface area contributed by atoms with Gasteiger partial charge in [-0.2, -0.15) is 0 Å². The Hall–Kier alpha value is -0.370. The molecule has 0 aromatic heterocycles. The highest BCUT2D eigenvalue weighted by atomic mass is 16.1. The number of carbonyl (C=O) groups is 1. The molecule has 2 nitrogen and oxygen atoms in total. The van der Waals surface area contributed by atoms with E-state index in [1.807, 2.05) is 0 Å². The van der Waals surface area contributed by atoms with Crippen molar-refractivity contribution in [1.29, 1.82) is 0 Å². The lowest BCUT2D eigenvalue weighted by molar-refractivity contribution is -0.131. The second kappa shape index (κ2) is 6.39. The van der Waals surface area contributed by atoms with Crippen LogP contribution in [0.2, 0.25) is 0 Å². The van der Waals surface area contributed by atoms with Crippen LogP contribution < -0.4 is 5.32 Å². The van der Waals surface area contributed by atoms with Crippen LogP contribution in [0.5, 0.6) is 0 Å². The first-order valence-corrected chi connectivity index (χ1v) is 6.88. The van der Waals surface area contributed by atoms with E-state index in [-0.39, 0.29) is 5.41 Å². The largest absolute Gasteiger partial charge is 0.316 e. The van der Waals surface area contributed by atoms with Gasteiger partial charge in [0.2, 0.25) is 0 Å². The number of rotatable bonds is 6. The minimum Gasteiger partial charge on any atom is -0.316 e. The minimum atomic E-state index is -0.0414. The third kappa shape index (κ3) is 3.31. The van der Waals surface area contributed by atoms with Crippen molar-refractivity contribution in [2.45, 2.75) is 59.3 Å². The topological polar surface area (TPSA) is 29.1 Å². The molecule has 1 saturated heterocycles. The smallest absolute Gasteiger partial charge is 0.140 e. The number of Topliss-reactive ketones (excluding diaryl/α,β-unsaturated/α-hetero) is 1. The number of hydrogen-bond acceptors (Lipinski definition) is 2. The van der Waals surface area contributed by atoms with Crippen LogP contribution in [0.4, 0.5) is 0 Å². The van der Waals surface area contributed by atoms with Crippen LogP contribution in [0.25, 0.3) is 0 Å². The number of piperidine rings is 1. The number of nitrogens with one attached hydrogen (secondary N) is 1. The molecular formula is C14H27NO. The van der Waals surface area contributed by atoms with Crippen molar-refractivity contribution >= 4 is 5.78 Å². The van der Waals surface area contributed by atoms with Crippen LogP contribution in [0.3, 0.4) is 0 Å². The summed E-state index contributed by atoms with van der Waals surface area (Å²) in [5, 5.41) is 3.39. The van der Waals surface area contributed by atoms with Crippen molar-refractivity contribution in [2.24, 2.45) is 11.3 Å². The molecule has 0 aromatic rings. The molecule has 0 saturated carbocycles. The summed E-state index contributed by atoms with van der Waals surface area (Å²) in [6, 6.07) is 0. The fraction of sp³-hybridized carbons (Fsp3) is 0.929. The van der Waals surface area contributed by atoms with Gasteiger partial charge in [-0.05, 0) is 31.7 Å². The minimum absolute atomic E-state index is 0.0414. The molecule has 1 aliphatic heterocycles. The fourth-order valence-electron chi connectivity index (χ4n) is 2.83. The first kappa shape index (κ1) is 13.7. The van der Waals surface area contributed by atoms with Gasteiger partial charge in [-0.3, -0.25) is 4.79 Å². The second-order valence-electron chi connectivity index (χ2n) is 5.44. The molecule has 94 valence electrons. The molecule has 2 atom stereocenters. The summed E-state index contributed by atoms with van der Waals surface area (Å²) in [6.07, 6.45) is 6.39. The molecule has 0 amide bonds. The summed E-state index contributed by atoms with van der Waals surface area (Å²) in [7, 11) is 0. The first-order chi connectivity index (χ1) is 7.64. The molecule has 0 radical (unpaired) electrons. The Labute approximate surface area is 100 Å².